The van der Waals surface area contributed by atoms with Crippen LogP contribution in [-0.2, 0) is 13.1 Å². The number of hydrogen-bond donors (Lipinski definition) is 2. The molecule has 1 heterocycles. The van der Waals surface area contributed by atoms with E-state index in [9.17, 15) is 4.79 Å². The first kappa shape index (κ1) is 12.9. The number of nitrogens with two attached hydrogens (primary N) is 1. The van der Waals surface area contributed by atoms with E-state index in [2.05, 4.69) is 9.88 Å². The van der Waals surface area contributed by atoms with Gasteiger partial charge in [-0.05, 0) is 36.1 Å². The van der Waals surface area contributed by atoms with E-state index in [0.29, 0.717) is 19.1 Å². The molecule has 4 heteroatoms. The van der Waals surface area contributed by atoms with Gasteiger partial charge in [-0.1, -0.05) is 24.3 Å². The molecule has 0 saturated heterocycles. The van der Waals surface area contributed by atoms with Crippen LogP contribution < -0.4 is 11.1 Å². The first-order valence-electron chi connectivity index (χ1n) is 7.01. The predicted molar refractivity (Wildman–Crippen MR) is 78.2 cm³/mol. The third-order valence-corrected chi connectivity index (χ3v) is 3.73. The largest absolute Gasteiger partial charge is 0.347 e. The molecule has 0 spiro atoms. The van der Waals surface area contributed by atoms with Gasteiger partial charge in [-0.2, -0.15) is 0 Å². The average molecular weight is 269 g/mol. The van der Waals surface area contributed by atoms with Crippen molar-refractivity contribution < 1.29 is 4.79 Å². The Labute approximate surface area is 118 Å². The summed E-state index contributed by atoms with van der Waals surface area (Å²) in [6.45, 7) is 1.01. The summed E-state index contributed by atoms with van der Waals surface area (Å²) in [4.78, 5) is 12.3. The van der Waals surface area contributed by atoms with E-state index < -0.39 is 0 Å². The summed E-state index contributed by atoms with van der Waals surface area (Å²) in [5.74, 6) is -0.0197. The average Bonchev–Trinajstić information content (AvgIpc) is 3.22. The van der Waals surface area contributed by atoms with E-state index in [0.717, 1.165) is 16.8 Å². The monoisotopic (exact) mass is 269 g/mol. The van der Waals surface area contributed by atoms with E-state index in [1.807, 2.05) is 42.6 Å². The van der Waals surface area contributed by atoms with Crippen LogP contribution in [0.25, 0.3) is 0 Å². The summed E-state index contributed by atoms with van der Waals surface area (Å²) in [7, 11) is 0. The van der Waals surface area contributed by atoms with Gasteiger partial charge in [0.05, 0.1) is 0 Å². The zero-order valence-corrected chi connectivity index (χ0v) is 11.4. The van der Waals surface area contributed by atoms with Gasteiger partial charge in [-0.3, -0.25) is 4.79 Å². The number of carbonyl (C=O) groups excluding carboxylic acids is 1. The third kappa shape index (κ3) is 2.60. The molecule has 20 heavy (non-hydrogen) atoms. The van der Waals surface area contributed by atoms with Crippen LogP contribution in [0.4, 0.5) is 0 Å². The van der Waals surface area contributed by atoms with Crippen molar-refractivity contribution in [3.63, 3.8) is 0 Å². The fourth-order valence-electron chi connectivity index (χ4n) is 2.45. The van der Waals surface area contributed by atoms with Crippen molar-refractivity contribution in [2.75, 3.05) is 0 Å². The lowest BCUT2D eigenvalue weighted by atomic mass is 10.1. The van der Waals surface area contributed by atoms with Gasteiger partial charge in [-0.25, -0.2) is 0 Å². The maximum atomic E-state index is 12.3. The van der Waals surface area contributed by atoms with Crippen molar-refractivity contribution >= 4 is 5.91 Å². The molecule has 1 fully saturated rings. The topological polar surface area (TPSA) is 60.0 Å². The predicted octanol–water partition coefficient (Wildman–Crippen LogP) is 2.21. The Kier molecular flexibility index (Phi) is 3.56. The van der Waals surface area contributed by atoms with Gasteiger partial charge in [-0.15, -0.1) is 0 Å². The van der Waals surface area contributed by atoms with Crippen molar-refractivity contribution in [3.8, 4) is 0 Å². The Hall–Kier alpha value is -2.07. The summed E-state index contributed by atoms with van der Waals surface area (Å²) in [5, 5.41) is 2.98. The third-order valence-electron chi connectivity index (χ3n) is 3.73. The van der Waals surface area contributed by atoms with E-state index in [1.54, 1.807) is 0 Å². The van der Waals surface area contributed by atoms with Gasteiger partial charge < -0.3 is 15.6 Å². The summed E-state index contributed by atoms with van der Waals surface area (Å²) >= 11 is 0. The van der Waals surface area contributed by atoms with E-state index in [4.69, 9.17) is 5.73 Å². The molecule has 1 saturated carbocycles. The quantitative estimate of drug-likeness (QED) is 0.874. The molecule has 4 nitrogen and oxygen atoms in total. The van der Waals surface area contributed by atoms with Crippen molar-refractivity contribution in [2.45, 2.75) is 32.0 Å². The van der Waals surface area contributed by atoms with Crippen molar-refractivity contribution in [1.82, 2.24) is 9.88 Å². The highest BCUT2D eigenvalue weighted by atomic mass is 16.1. The van der Waals surface area contributed by atoms with E-state index >= 15 is 0 Å². The molecular formula is C16H19N3O. The zero-order chi connectivity index (χ0) is 13.9. The van der Waals surface area contributed by atoms with Crippen LogP contribution in [0.5, 0.6) is 0 Å². The van der Waals surface area contributed by atoms with Crippen LogP contribution in [-0.4, -0.2) is 10.5 Å². The molecule has 1 amide bonds. The van der Waals surface area contributed by atoms with E-state index in [-0.39, 0.29) is 5.91 Å². The minimum absolute atomic E-state index is 0.0197. The zero-order valence-electron chi connectivity index (χ0n) is 11.4. The molecule has 2 aromatic rings. The van der Waals surface area contributed by atoms with Crippen LogP contribution >= 0.6 is 0 Å². The van der Waals surface area contributed by atoms with Gasteiger partial charge in [0, 0.05) is 25.3 Å². The van der Waals surface area contributed by atoms with Gasteiger partial charge in [0.15, 0.2) is 0 Å². The SMILES string of the molecule is NCc1ccccc1CNC(=O)c1cccn1C1CC1. The minimum Gasteiger partial charge on any atom is -0.347 e. The number of amides is 1. The Morgan fingerprint density at radius 2 is 1.95 bits per heavy atom. The fourth-order valence-corrected chi connectivity index (χ4v) is 2.45. The number of aromatic nitrogens is 1. The molecule has 0 unspecified atom stereocenters. The molecular weight excluding hydrogens is 250 g/mol. The first-order valence-corrected chi connectivity index (χ1v) is 7.01. The van der Waals surface area contributed by atoms with Gasteiger partial charge in [0.1, 0.15) is 5.69 Å². The summed E-state index contributed by atoms with van der Waals surface area (Å²) in [5.41, 5.74) is 8.61. The van der Waals surface area contributed by atoms with E-state index in [1.165, 1.54) is 12.8 Å². The first-order chi connectivity index (χ1) is 9.79. The van der Waals surface area contributed by atoms with Gasteiger partial charge >= 0.3 is 0 Å². The molecule has 3 rings (SSSR count). The van der Waals surface area contributed by atoms with Gasteiger partial charge in [0.25, 0.3) is 5.91 Å². The van der Waals surface area contributed by atoms with Crippen LogP contribution in [0.3, 0.4) is 0 Å². The van der Waals surface area contributed by atoms with Crippen LogP contribution in [0.1, 0.15) is 40.5 Å². The highest BCUT2D eigenvalue weighted by Crippen LogP contribution is 2.35. The number of rotatable bonds is 5. The van der Waals surface area contributed by atoms with Crippen molar-refractivity contribution in [3.05, 3.63) is 59.4 Å². The van der Waals surface area contributed by atoms with Gasteiger partial charge in [0.2, 0.25) is 0 Å². The molecule has 1 aromatic heterocycles. The lowest BCUT2D eigenvalue weighted by Crippen LogP contribution is -2.25. The Morgan fingerprint density at radius 3 is 2.65 bits per heavy atom. The van der Waals surface area contributed by atoms with Crippen molar-refractivity contribution in [2.24, 2.45) is 5.73 Å². The number of nitrogens with one attached hydrogen (secondary N) is 1. The smallest absolute Gasteiger partial charge is 0.268 e. The maximum Gasteiger partial charge on any atom is 0.268 e. The molecule has 0 aliphatic heterocycles. The molecule has 1 aromatic carbocycles. The maximum absolute atomic E-state index is 12.3. The number of nitrogens with zero attached hydrogens (tertiary/aromatic N) is 1. The molecule has 1 aliphatic rings. The second-order valence-corrected chi connectivity index (χ2v) is 5.19. The van der Waals surface area contributed by atoms with Crippen molar-refractivity contribution in [1.29, 1.82) is 0 Å². The Balaban J connectivity index is 1.68. The Bertz CT molecular complexity index is 614. The second-order valence-electron chi connectivity index (χ2n) is 5.19. The minimum atomic E-state index is -0.0197. The molecule has 0 atom stereocenters. The van der Waals surface area contributed by atoms with Crippen LogP contribution in [0.2, 0.25) is 0 Å². The summed E-state index contributed by atoms with van der Waals surface area (Å²) < 4.78 is 2.07. The standard InChI is InChI=1S/C16H19N3O/c17-10-12-4-1-2-5-13(12)11-18-16(20)15-6-3-9-19(15)14-7-8-14/h1-6,9,14H,7-8,10-11,17H2,(H,18,20). The van der Waals surface area contributed by atoms with Crippen LogP contribution in [0.15, 0.2) is 42.6 Å². The molecule has 104 valence electrons. The second kappa shape index (κ2) is 5.51. The number of benzene rings is 1. The van der Waals surface area contributed by atoms with Crippen LogP contribution in [0, 0.1) is 0 Å². The molecule has 1 aliphatic carbocycles. The Morgan fingerprint density at radius 1 is 1.20 bits per heavy atom. The number of hydrogen-bond acceptors (Lipinski definition) is 2. The summed E-state index contributed by atoms with van der Waals surface area (Å²) in [6.07, 6.45) is 4.33. The number of carbonyl (C=O) groups is 1. The lowest BCUT2D eigenvalue weighted by Gasteiger charge is -2.11. The molecule has 3 N–H and O–H groups in total. The lowest BCUT2D eigenvalue weighted by molar-refractivity contribution is 0.0941. The highest BCUT2D eigenvalue weighted by Gasteiger charge is 2.26. The molecule has 0 radical (unpaired) electrons. The fraction of sp³-hybridized carbons (Fsp3) is 0.312. The molecule has 0 bridgehead atoms. The normalized spacial score (nSPS) is 14.2. The highest BCUT2D eigenvalue weighted by molar-refractivity contribution is 5.92. The summed E-state index contributed by atoms with van der Waals surface area (Å²) in [6, 6.07) is 12.3.